The number of fused-ring (bicyclic) bond motifs is 2. The Labute approximate surface area is 204 Å². The van der Waals surface area contributed by atoms with Crippen LogP contribution in [0.1, 0.15) is 20.3 Å². The molecule has 1 saturated carbocycles. The summed E-state index contributed by atoms with van der Waals surface area (Å²) in [6, 6.07) is -0.153. The van der Waals surface area contributed by atoms with E-state index < -0.39 is 23.8 Å². The largest absolute Gasteiger partial charge is 0.380 e. The van der Waals surface area contributed by atoms with Crippen molar-refractivity contribution in [3.8, 4) is 11.3 Å². The van der Waals surface area contributed by atoms with E-state index in [0.717, 1.165) is 0 Å². The van der Waals surface area contributed by atoms with Crippen LogP contribution in [0.5, 0.6) is 0 Å². The van der Waals surface area contributed by atoms with Crippen molar-refractivity contribution < 1.29 is 18.3 Å². The summed E-state index contributed by atoms with van der Waals surface area (Å²) in [7, 11) is 3.37. The molecule has 4 aromatic rings. The lowest BCUT2D eigenvalue weighted by Gasteiger charge is -2.31. The van der Waals surface area contributed by atoms with Crippen LogP contribution in [0.15, 0.2) is 24.8 Å². The number of likely N-dealkylation sites (N-methyl/N-ethyl adjacent to an activating group) is 1. The molecule has 1 fully saturated rings. The number of nitrogens with one attached hydrogen (secondary N) is 2. The van der Waals surface area contributed by atoms with Crippen LogP contribution in [0, 0.1) is 11.7 Å². The molecule has 1 aliphatic carbocycles. The Bertz CT molecular complexity index is 1440. The average molecular weight is 504 g/mol. The normalized spacial score (nSPS) is 19.2. The molecule has 1 amide bonds. The van der Waals surface area contributed by atoms with Crippen LogP contribution in [0.2, 0.25) is 5.02 Å². The van der Waals surface area contributed by atoms with E-state index in [1.165, 1.54) is 6.20 Å². The quantitative estimate of drug-likeness (QED) is 0.391. The molecular weight excluding hydrogens is 480 g/mol. The van der Waals surface area contributed by atoms with E-state index in [1.54, 1.807) is 42.0 Å². The van der Waals surface area contributed by atoms with Crippen molar-refractivity contribution in [1.29, 1.82) is 0 Å². The second kappa shape index (κ2) is 8.72. The third kappa shape index (κ3) is 3.98. The minimum absolute atomic E-state index is 0.0961. The number of methoxy groups -OCH3 is 1. The average Bonchev–Trinajstić information content (AvgIpc) is 3.19. The molecular formula is C23H24ClF2N7O2. The molecule has 12 heteroatoms. The Kier molecular flexibility index (Phi) is 5.84. The number of nitrogens with zero attached hydrogens (tertiary/aromatic N) is 5. The van der Waals surface area contributed by atoms with Gasteiger partial charge in [-0.05, 0) is 20.3 Å². The highest BCUT2D eigenvalue weighted by atomic mass is 35.5. The third-order valence-electron chi connectivity index (χ3n) is 6.68. The molecule has 1 aliphatic rings. The lowest BCUT2D eigenvalue weighted by molar-refractivity contribution is -0.117. The zero-order valence-corrected chi connectivity index (χ0v) is 20.3. The van der Waals surface area contributed by atoms with Gasteiger partial charge in [0.1, 0.15) is 11.9 Å². The van der Waals surface area contributed by atoms with Crippen LogP contribution in [0.25, 0.3) is 27.8 Å². The number of aromatic amines is 1. The molecule has 0 spiro atoms. The van der Waals surface area contributed by atoms with Gasteiger partial charge in [-0.1, -0.05) is 11.6 Å². The predicted molar refractivity (Wildman–Crippen MR) is 129 cm³/mol. The van der Waals surface area contributed by atoms with Gasteiger partial charge in [0.05, 0.1) is 52.9 Å². The van der Waals surface area contributed by atoms with E-state index in [9.17, 15) is 9.18 Å². The molecule has 9 nitrogen and oxygen atoms in total. The summed E-state index contributed by atoms with van der Waals surface area (Å²) in [6.45, 7) is 3.83. The smallest absolute Gasteiger partial charge is 0.231 e. The maximum Gasteiger partial charge on any atom is 0.231 e. The van der Waals surface area contributed by atoms with E-state index in [4.69, 9.17) is 16.3 Å². The molecule has 1 aromatic carbocycles. The number of H-pyrrole nitrogens is 1. The Morgan fingerprint density at radius 2 is 2.11 bits per heavy atom. The summed E-state index contributed by atoms with van der Waals surface area (Å²) < 4.78 is 35.9. The second-order valence-corrected chi connectivity index (χ2v) is 9.19. The summed E-state index contributed by atoms with van der Waals surface area (Å²) in [5.74, 6) is -1.37. The number of imidazole rings is 1. The summed E-state index contributed by atoms with van der Waals surface area (Å²) in [6.07, 6.45) is 5.25. The van der Waals surface area contributed by atoms with Crippen molar-refractivity contribution in [3.05, 3.63) is 35.6 Å². The third-order valence-corrected chi connectivity index (χ3v) is 7.03. The van der Waals surface area contributed by atoms with Crippen LogP contribution < -0.4 is 10.2 Å². The van der Waals surface area contributed by atoms with E-state index in [-0.39, 0.29) is 35.1 Å². The number of alkyl halides is 1. The fourth-order valence-corrected chi connectivity index (χ4v) is 4.43. The zero-order valence-electron chi connectivity index (χ0n) is 19.5. The van der Waals surface area contributed by atoms with Gasteiger partial charge in [0.25, 0.3) is 0 Å². The lowest BCUT2D eigenvalue weighted by Crippen LogP contribution is -2.39. The summed E-state index contributed by atoms with van der Waals surface area (Å²) in [4.78, 5) is 22.5. The van der Waals surface area contributed by atoms with Crippen molar-refractivity contribution in [2.45, 2.75) is 38.6 Å². The lowest BCUT2D eigenvalue weighted by atomic mass is 10.0. The molecule has 3 aromatic heterocycles. The number of amides is 1. The van der Waals surface area contributed by atoms with Gasteiger partial charge in [0.2, 0.25) is 5.91 Å². The van der Waals surface area contributed by atoms with Crippen LogP contribution in [0.4, 0.5) is 20.3 Å². The van der Waals surface area contributed by atoms with Gasteiger partial charge in [-0.3, -0.25) is 14.9 Å². The zero-order chi connectivity index (χ0) is 25.0. The van der Waals surface area contributed by atoms with Crippen molar-refractivity contribution in [1.82, 2.24) is 24.6 Å². The highest BCUT2D eigenvalue weighted by Crippen LogP contribution is 2.42. The highest BCUT2D eigenvalue weighted by Gasteiger charge is 2.43. The fourth-order valence-electron chi connectivity index (χ4n) is 4.14. The summed E-state index contributed by atoms with van der Waals surface area (Å²) in [5.41, 5.74) is 1.97. The number of benzene rings is 1. The minimum atomic E-state index is -1.10. The highest BCUT2D eigenvalue weighted by molar-refractivity contribution is 6.35. The van der Waals surface area contributed by atoms with Crippen LogP contribution >= 0.6 is 11.6 Å². The van der Waals surface area contributed by atoms with Crippen molar-refractivity contribution in [3.63, 3.8) is 0 Å². The predicted octanol–water partition coefficient (Wildman–Crippen LogP) is 4.22. The number of rotatable bonds is 7. The molecule has 5 rings (SSSR count). The number of carbonyl (C=O) groups is 1. The summed E-state index contributed by atoms with van der Waals surface area (Å²) >= 11 is 6.58. The molecule has 35 heavy (non-hydrogen) atoms. The van der Waals surface area contributed by atoms with Gasteiger partial charge in [-0.2, -0.15) is 5.10 Å². The van der Waals surface area contributed by atoms with Crippen molar-refractivity contribution in [2.24, 2.45) is 5.92 Å². The monoisotopic (exact) mass is 503 g/mol. The topological polar surface area (TPSA) is 100 Å². The molecule has 0 unspecified atom stereocenters. The standard InChI is InChI=1S/C23H24ClF2N7O2/c1-10(11(2)35-4)32(3)22-20(26)19(24)18(13-6-28-31-21(13)22)15-8-33-9-16(29-17(33)7-27-15)30-23(34)12-5-14(12)25/h6-12,14H,5H2,1-4H3,(H,28,31)(H,30,34)/t10-,11+,12-,14+/m1/s1. The first-order valence-electron chi connectivity index (χ1n) is 11.1. The first kappa shape index (κ1) is 23.4. The molecule has 184 valence electrons. The molecule has 3 heterocycles. The van der Waals surface area contributed by atoms with Gasteiger partial charge in [0.15, 0.2) is 17.3 Å². The number of anilines is 2. The van der Waals surface area contributed by atoms with E-state index in [1.807, 2.05) is 13.8 Å². The maximum atomic E-state index is 15.7. The Hall–Kier alpha value is -3.31. The van der Waals surface area contributed by atoms with Crippen molar-refractivity contribution in [2.75, 3.05) is 24.4 Å². The van der Waals surface area contributed by atoms with Gasteiger partial charge in [0, 0.05) is 31.3 Å². The molecule has 0 aliphatic heterocycles. The summed E-state index contributed by atoms with van der Waals surface area (Å²) in [5, 5.41) is 10.1. The number of halogens is 3. The van der Waals surface area contributed by atoms with Crippen LogP contribution in [-0.2, 0) is 9.53 Å². The molecule has 0 bridgehead atoms. The number of hydrogen-bond donors (Lipinski definition) is 2. The molecule has 0 saturated heterocycles. The SMILES string of the molecule is CO[C@@H](C)[C@@H](C)N(C)c1c(F)c(Cl)c(-c2cn3cc(NC(=O)[C@@H]4C[C@@H]4F)nc3cn2)c2cn[nH]c12. The number of aromatic nitrogens is 5. The van der Waals surface area contributed by atoms with E-state index in [2.05, 4.69) is 25.5 Å². The Morgan fingerprint density at radius 3 is 2.80 bits per heavy atom. The van der Waals surface area contributed by atoms with Crippen molar-refractivity contribution >= 4 is 45.6 Å². The second-order valence-electron chi connectivity index (χ2n) is 8.81. The number of carbonyl (C=O) groups excluding carboxylic acids is 1. The van der Waals surface area contributed by atoms with Gasteiger partial charge in [-0.25, -0.2) is 13.8 Å². The number of hydrogen-bond acceptors (Lipinski definition) is 6. The fraction of sp³-hybridized carbons (Fsp3) is 0.391. The van der Waals surface area contributed by atoms with E-state index >= 15 is 4.39 Å². The van der Waals surface area contributed by atoms with Gasteiger partial charge >= 0.3 is 0 Å². The Balaban J connectivity index is 1.56. The molecule has 2 N–H and O–H groups in total. The minimum Gasteiger partial charge on any atom is -0.380 e. The molecule has 0 radical (unpaired) electrons. The maximum absolute atomic E-state index is 15.7. The van der Waals surface area contributed by atoms with Crippen LogP contribution in [-0.4, -0.2) is 62.9 Å². The van der Waals surface area contributed by atoms with Gasteiger partial charge < -0.3 is 19.4 Å². The van der Waals surface area contributed by atoms with Crippen LogP contribution in [0.3, 0.4) is 0 Å². The van der Waals surface area contributed by atoms with Gasteiger partial charge in [-0.15, -0.1) is 0 Å². The number of ether oxygens (including phenoxy) is 1. The Morgan fingerprint density at radius 1 is 1.37 bits per heavy atom. The molecule has 4 atom stereocenters. The first-order valence-corrected chi connectivity index (χ1v) is 11.5. The van der Waals surface area contributed by atoms with E-state index in [0.29, 0.717) is 27.8 Å². The first-order chi connectivity index (χ1) is 16.7.